The fourth-order valence-electron chi connectivity index (χ4n) is 2.72. The van der Waals surface area contributed by atoms with Crippen LogP contribution in [0.1, 0.15) is 39.5 Å². The van der Waals surface area contributed by atoms with Crippen molar-refractivity contribution in [2.75, 3.05) is 26.8 Å². The number of rotatable bonds is 2. The Labute approximate surface area is 108 Å². The standard InChI is InChI=1S/C13H23NO4/c1-4-12(5-2)10-17-13(18-12)6-8-14(9-7-13)11(15)16-3/h4-10H2,1-3H3. The summed E-state index contributed by atoms with van der Waals surface area (Å²) in [6.07, 6.45) is 3.12. The van der Waals surface area contributed by atoms with Crippen LogP contribution in [0, 0.1) is 0 Å². The first kappa shape index (κ1) is 13.6. The third-order valence-electron chi connectivity index (χ3n) is 4.25. The van der Waals surface area contributed by atoms with Crippen molar-refractivity contribution in [3.63, 3.8) is 0 Å². The maximum absolute atomic E-state index is 11.4. The summed E-state index contributed by atoms with van der Waals surface area (Å²) in [5.41, 5.74) is -0.132. The molecule has 0 aliphatic carbocycles. The van der Waals surface area contributed by atoms with Gasteiger partial charge in [0, 0.05) is 25.9 Å². The van der Waals surface area contributed by atoms with E-state index in [1.165, 1.54) is 7.11 Å². The van der Waals surface area contributed by atoms with Crippen molar-refractivity contribution in [2.24, 2.45) is 0 Å². The molecule has 2 aliphatic rings. The van der Waals surface area contributed by atoms with Crippen molar-refractivity contribution in [3.8, 4) is 0 Å². The number of likely N-dealkylation sites (tertiary alicyclic amines) is 1. The van der Waals surface area contributed by atoms with Crippen molar-refractivity contribution in [3.05, 3.63) is 0 Å². The molecule has 2 heterocycles. The molecule has 2 saturated heterocycles. The number of piperidine rings is 1. The molecule has 2 fully saturated rings. The molecule has 5 heteroatoms. The minimum absolute atomic E-state index is 0.132. The molecule has 0 aromatic rings. The van der Waals surface area contributed by atoms with Crippen molar-refractivity contribution in [1.29, 1.82) is 0 Å². The van der Waals surface area contributed by atoms with Gasteiger partial charge in [0.25, 0.3) is 0 Å². The number of hydrogen-bond acceptors (Lipinski definition) is 4. The second-order valence-corrected chi connectivity index (χ2v) is 5.15. The summed E-state index contributed by atoms with van der Waals surface area (Å²) in [5, 5.41) is 0. The predicted molar refractivity (Wildman–Crippen MR) is 66.3 cm³/mol. The molecule has 0 N–H and O–H groups in total. The lowest BCUT2D eigenvalue weighted by Crippen LogP contribution is -2.48. The first-order valence-electron chi connectivity index (χ1n) is 6.76. The molecular weight excluding hydrogens is 234 g/mol. The Hall–Kier alpha value is -0.810. The van der Waals surface area contributed by atoms with Gasteiger partial charge in [-0.25, -0.2) is 4.79 Å². The first-order chi connectivity index (χ1) is 8.59. The molecular formula is C13H23NO4. The monoisotopic (exact) mass is 257 g/mol. The molecule has 0 aromatic carbocycles. The lowest BCUT2D eigenvalue weighted by molar-refractivity contribution is -0.210. The molecule has 0 aromatic heterocycles. The molecule has 5 nitrogen and oxygen atoms in total. The first-order valence-corrected chi connectivity index (χ1v) is 6.76. The van der Waals surface area contributed by atoms with E-state index < -0.39 is 5.79 Å². The van der Waals surface area contributed by atoms with Gasteiger partial charge in [-0.15, -0.1) is 0 Å². The van der Waals surface area contributed by atoms with E-state index in [2.05, 4.69) is 13.8 Å². The zero-order chi connectivity index (χ0) is 13.2. The van der Waals surface area contributed by atoms with Crippen LogP contribution >= 0.6 is 0 Å². The Morgan fingerprint density at radius 1 is 1.28 bits per heavy atom. The predicted octanol–water partition coefficient (Wildman–Crippen LogP) is 2.15. The Balaban J connectivity index is 1.95. The molecule has 0 atom stereocenters. The van der Waals surface area contributed by atoms with Crippen LogP contribution in [0.25, 0.3) is 0 Å². The summed E-state index contributed by atoms with van der Waals surface area (Å²) < 4.78 is 16.9. The largest absolute Gasteiger partial charge is 0.453 e. The number of nitrogens with zero attached hydrogens (tertiary/aromatic N) is 1. The number of hydrogen-bond donors (Lipinski definition) is 0. The zero-order valence-electron chi connectivity index (χ0n) is 11.5. The molecule has 2 aliphatic heterocycles. The van der Waals surface area contributed by atoms with E-state index in [-0.39, 0.29) is 11.7 Å². The van der Waals surface area contributed by atoms with Crippen molar-refractivity contribution in [2.45, 2.75) is 50.9 Å². The fourth-order valence-corrected chi connectivity index (χ4v) is 2.72. The number of carbonyl (C=O) groups excluding carboxylic acids is 1. The van der Waals surface area contributed by atoms with E-state index in [1.807, 2.05) is 0 Å². The van der Waals surface area contributed by atoms with Crippen LogP contribution in [0.15, 0.2) is 0 Å². The molecule has 0 saturated carbocycles. The number of ether oxygens (including phenoxy) is 3. The van der Waals surface area contributed by atoms with Gasteiger partial charge in [0.15, 0.2) is 5.79 Å². The summed E-state index contributed by atoms with van der Waals surface area (Å²) >= 11 is 0. The molecule has 18 heavy (non-hydrogen) atoms. The second-order valence-electron chi connectivity index (χ2n) is 5.15. The second kappa shape index (κ2) is 5.05. The molecule has 0 unspecified atom stereocenters. The van der Waals surface area contributed by atoms with E-state index in [9.17, 15) is 4.79 Å². The van der Waals surface area contributed by atoms with Gasteiger partial charge in [-0.3, -0.25) is 0 Å². The Kier molecular flexibility index (Phi) is 3.82. The van der Waals surface area contributed by atoms with Crippen LogP contribution in [-0.2, 0) is 14.2 Å². The van der Waals surface area contributed by atoms with Crippen molar-refractivity contribution < 1.29 is 19.0 Å². The normalized spacial score (nSPS) is 25.4. The number of methoxy groups -OCH3 is 1. The molecule has 0 radical (unpaired) electrons. The SMILES string of the molecule is CCC1(CC)COC2(CCN(C(=O)OC)CC2)O1. The molecule has 104 valence electrons. The van der Waals surface area contributed by atoms with Crippen LogP contribution in [0.5, 0.6) is 0 Å². The fraction of sp³-hybridized carbons (Fsp3) is 0.923. The van der Waals surface area contributed by atoms with Crippen LogP contribution in [0.3, 0.4) is 0 Å². The Morgan fingerprint density at radius 2 is 1.89 bits per heavy atom. The third-order valence-corrected chi connectivity index (χ3v) is 4.25. The summed E-state index contributed by atoms with van der Waals surface area (Å²) in [6, 6.07) is 0. The molecule has 2 rings (SSSR count). The van der Waals surface area contributed by atoms with Gasteiger partial charge in [0.1, 0.15) is 0 Å². The quantitative estimate of drug-likeness (QED) is 0.760. The van der Waals surface area contributed by atoms with Gasteiger partial charge in [-0.05, 0) is 12.8 Å². The average molecular weight is 257 g/mol. The molecule has 1 amide bonds. The van der Waals surface area contributed by atoms with Gasteiger partial charge < -0.3 is 19.1 Å². The minimum atomic E-state index is -0.476. The van der Waals surface area contributed by atoms with Crippen LogP contribution < -0.4 is 0 Å². The summed E-state index contributed by atoms with van der Waals surface area (Å²) in [4.78, 5) is 13.1. The summed E-state index contributed by atoms with van der Waals surface area (Å²) in [7, 11) is 1.41. The van der Waals surface area contributed by atoms with Crippen molar-refractivity contribution in [1.82, 2.24) is 4.90 Å². The summed E-state index contributed by atoms with van der Waals surface area (Å²) in [5.74, 6) is -0.476. The highest BCUT2D eigenvalue weighted by atomic mass is 16.8. The summed E-state index contributed by atoms with van der Waals surface area (Å²) in [6.45, 7) is 6.20. The lowest BCUT2D eigenvalue weighted by atomic mass is 9.98. The Bertz CT molecular complexity index is 306. The smallest absolute Gasteiger partial charge is 0.409 e. The molecule has 1 spiro atoms. The highest BCUT2D eigenvalue weighted by molar-refractivity contribution is 5.67. The van der Waals surface area contributed by atoms with E-state index in [0.29, 0.717) is 19.7 Å². The lowest BCUT2D eigenvalue weighted by Gasteiger charge is -2.38. The van der Waals surface area contributed by atoms with Crippen molar-refractivity contribution >= 4 is 6.09 Å². The highest BCUT2D eigenvalue weighted by Crippen LogP contribution is 2.41. The van der Waals surface area contributed by atoms with E-state index in [1.54, 1.807) is 4.90 Å². The minimum Gasteiger partial charge on any atom is -0.453 e. The number of carbonyl (C=O) groups is 1. The zero-order valence-corrected chi connectivity index (χ0v) is 11.5. The van der Waals surface area contributed by atoms with Gasteiger partial charge >= 0.3 is 6.09 Å². The van der Waals surface area contributed by atoms with Gasteiger partial charge in [-0.1, -0.05) is 13.8 Å². The van der Waals surface area contributed by atoms with Crippen LogP contribution in [-0.4, -0.2) is 49.2 Å². The van der Waals surface area contributed by atoms with Gasteiger partial charge in [0.2, 0.25) is 0 Å². The highest BCUT2D eigenvalue weighted by Gasteiger charge is 2.50. The van der Waals surface area contributed by atoms with Gasteiger partial charge in [0.05, 0.1) is 19.3 Å². The third kappa shape index (κ3) is 2.34. The Morgan fingerprint density at radius 3 is 2.33 bits per heavy atom. The molecule has 0 bridgehead atoms. The average Bonchev–Trinajstić information content (AvgIpc) is 2.79. The maximum Gasteiger partial charge on any atom is 0.409 e. The number of amides is 1. The van der Waals surface area contributed by atoms with E-state index >= 15 is 0 Å². The van der Waals surface area contributed by atoms with E-state index in [4.69, 9.17) is 14.2 Å². The van der Waals surface area contributed by atoms with Crippen LogP contribution in [0.2, 0.25) is 0 Å². The van der Waals surface area contributed by atoms with E-state index in [0.717, 1.165) is 25.7 Å². The topological polar surface area (TPSA) is 48.0 Å². The van der Waals surface area contributed by atoms with Gasteiger partial charge in [-0.2, -0.15) is 0 Å². The maximum atomic E-state index is 11.4. The van der Waals surface area contributed by atoms with Crippen LogP contribution in [0.4, 0.5) is 4.79 Å².